The standard InChI is InChI=1S/C21H14ClN5O2/c22-14-8-6-13(7-9-14)16-15(10-23)18(24)25-19-17(16)20(28)26-21(29)27(19)11-12-4-2-1-3-5-12/h1-9H,11H2,(H2,24,25)(H,26,28,29). The molecule has 0 unspecified atom stereocenters. The Hall–Kier alpha value is -3.89. The van der Waals surface area contributed by atoms with E-state index in [1.807, 2.05) is 36.4 Å². The Kier molecular flexibility index (Phi) is 4.63. The number of H-pyrrole nitrogens is 1. The quantitative estimate of drug-likeness (QED) is 0.545. The van der Waals surface area contributed by atoms with Crippen LogP contribution in [-0.4, -0.2) is 14.5 Å². The van der Waals surface area contributed by atoms with E-state index in [1.54, 1.807) is 24.3 Å². The molecule has 2 aromatic carbocycles. The van der Waals surface area contributed by atoms with Crippen LogP contribution in [0.4, 0.5) is 5.82 Å². The lowest BCUT2D eigenvalue weighted by Crippen LogP contribution is -2.32. The van der Waals surface area contributed by atoms with Crippen LogP contribution in [-0.2, 0) is 6.54 Å². The van der Waals surface area contributed by atoms with Crippen LogP contribution in [0.3, 0.4) is 0 Å². The predicted molar refractivity (Wildman–Crippen MR) is 112 cm³/mol. The second-order valence-corrected chi connectivity index (χ2v) is 6.83. The average Bonchev–Trinajstić information content (AvgIpc) is 2.71. The normalized spacial score (nSPS) is 10.8. The first-order valence-electron chi connectivity index (χ1n) is 8.66. The molecule has 8 heteroatoms. The van der Waals surface area contributed by atoms with Crippen molar-refractivity contribution in [3.05, 3.63) is 91.6 Å². The highest BCUT2D eigenvalue weighted by atomic mass is 35.5. The van der Waals surface area contributed by atoms with Gasteiger partial charge in [-0.15, -0.1) is 0 Å². The van der Waals surface area contributed by atoms with E-state index in [0.717, 1.165) is 5.56 Å². The number of hydrogen-bond acceptors (Lipinski definition) is 5. The second kappa shape index (κ2) is 7.26. The van der Waals surface area contributed by atoms with Crippen molar-refractivity contribution in [1.82, 2.24) is 14.5 Å². The molecule has 0 atom stereocenters. The first kappa shape index (κ1) is 18.5. The highest BCUT2D eigenvalue weighted by Crippen LogP contribution is 2.32. The lowest BCUT2D eigenvalue weighted by molar-refractivity contribution is 0.747. The molecule has 0 saturated heterocycles. The maximum Gasteiger partial charge on any atom is 0.330 e. The van der Waals surface area contributed by atoms with Gasteiger partial charge in [0.2, 0.25) is 0 Å². The molecule has 0 fully saturated rings. The molecule has 7 nitrogen and oxygen atoms in total. The molecule has 0 radical (unpaired) electrons. The Balaban J connectivity index is 2.11. The molecule has 29 heavy (non-hydrogen) atoms. The van der Waals surface area contributed by atoms with Gasteiger partial charge in [0.15, 0.2) is 5.65 Å². The van der Waals surface area contributed by atoms with Crippen molar-refractivity contribution < 1.29 is 0 Å². The first-order valence-corrected chi connectivity index (χ1v) is 9.03. The molecular formula is C21H14ClN5O2. The number of fused-ring (bicyclic) bond motifs is 1. The van der Waals surface area contributed by atoms with Crippen molar-refractivity contribution in [2.24, 2.45) is 0 Å². The molecule has 0 aliphatic carbocycles. The van der Waals surface area contributed by atoms with Crippen molar-refractivity contribution in [2.45, 2.75) is 6.54 Å². The number of hydrogen-bond donors (Lipinski definition) is 2. The minimum absolute atomic E-state index is 0.0586. The van der Waals surface area contributed by atoms with Crippen molar-refractivity contribution in [2.75, 3.05) is 5.73 Å². The van der Waals surface area contributed by atoms with Gasteiger partial charge in [0.1, 0.15) is 17.5 Å². The monoisotopic (exact) mass is 403 g/mol. The number of aromatic amines is 1. The summed E-state index contributed by atoms with van der Waals surface area (Å²) in [5.74, 6) is -0.0586. The molecule has 3 N–H and O–H groups in total. The highest BCUT2D eigenvalue weighted by Gasteiger charge is 2.21. The largest absolute Gasteiger partial charge is 0.383 e. The summed E-state index contributed by atoms with van der Waals surface area (Å²) in [6, 6.07) is 18.0. The molecule has 0 aliphatic heterocycles. The summed E-state index contributed by atoms with van der Waals surface area (Å²) >= 11 is 5.97. The zero-order valence-corrected chi connectivity index (χ0v) is 15.8. The van der Waals surface area contributed by atoms with Crippen LogP contribution in [0, 0.1) is 11.3 Å². The van der Waals surface area contributed by atoms with E-state index in [2.05, 4.69) is 9.97 Å². The van der Waals surface area contributed by atoms with Gasteiger partial charge in [0.25, 0.3) is 5.56 Å². The van der Waals surface area contributed by atoms with Gasteiger partial charge in [-0.3, -0.25) is 14.3 Å². The van der Waals surface area contributed by atoms with Crippen molar-refractivity contribution in [1.29, 1.82) is 5.26 Å². The van der Waals surface area contributed by atoms with Crippen LogP contribution < -0.4 is 17.0 Å². The minimum Gasteiger partial charge on any atom is -0.383 e. The number of aromatic nitrogens is 3. The highest BCUT2D eigenvalue weighted by molar-refractivity contribution is 6.30. The fourth-order valence-corrected chi connectivity index (χ4v) is 3.38. The lowest BCUT2D eigenvalue weighted by atomic mass is 9.98. The SMILES string of the molecule is N#Cc1c(N)nc2c(c1-c1ccc(Cl)cc1)c(=O)[nH]c(=O)n2Cc1ccccc1. The number of rotatable bonds is 3. The molecule has 0 bridgehead atoms. The average molecular weight is 404 g/mol. The number of nitriles is 1. The third kappa shape index (κ3) is 3.26. The number of halogens is 1. The molecule has 0 aliphatic rings. The number of nitrogens with two attached hydrogens (primary N) is 1. The summed E-state index contributed by atoms with van der Waals surface area (Å²) in [4.78, 5) is 31.9. The molecule has 0 saturated carbocycles. The van der Waals surface area contributed by atoms with E-state index >= 15 is 0 Å². The maximum atomic E-state index is 12.8. The van der Waals surface area contributed by atoms with Crippen molar-refractivity contribution in [3.63, 3.8) is 0 Å². The van der Waals surface area contributed by atoms with Gasteiger partial charge in [-0.1, -0.05) is 54.1 Å². The van der Waals surface area contributed by atoms with Crippen molar-refractivity contribution in [3.8, 4) is 17.2 Å². The number of pyridine rings is 1. The minimum atomic E-state index is -0.636. The Bertz CT molecular complexity index is 1380. The predicted octanol–water partition coefficient (Wildman–Crippen LogP) is 2.91. The fraction of sp³-hybridized carbons (Fsp3) is 0.0476. The Morgan fingerprint density at radius 2 is 1.79 bits per heavy atom. The van der Waals surface area contributed by atoms with Gasteiger partial charge in [-0.25, -0.2) is 9.78 Å². The Labute approximate surface area is 169 Å². The zero-order valence-electron chi connectivity index (χ0n) is 15.0. The molecule has 2 aromatic heterocycles. The Morgan fingerprint density at radius 1 is 1.10 bits per heavy atom. The summed E-state index contributed by atoms with van der Waals surface area (Å²) in [5, 5.41) is 10.3. The van der Waals surface area contributed by atoms with E-state index in [4.69, 9.17) is 17.3 Å². The lowest BCUT2D eigenvalue weighted by Gasteiger charge is -2.14. The zero-order chi connectivity index (χ0) is 20.5. The second-order valence-electron chi connectivity index (χ2n) is 6.40. The molecule has 0 amide bonds. The van der Waals surface area contributed by atoms with E-state index < -0.39 is 11.2 Å². The van der Waals surface area contributed by atoms with Crippen LogP contribution in [0.25, 0.3) is 22.2 Å². The third-order valence-corrected chi connectivity index (χ3v) is 4.83. The summed E-state index contributed by atoms with van der Waals surface area (Å²) in [5.41, 5.74) is 6.71. The molecular weight excluding hydrogens is 390 g/mol. The number of anilines is 1. The van der Waals surface area contributed by atoms with E-state index in [0.29, 0.717) is 16.1 Å². The van der Waals surface area contributed by atoms with E-state index in [-0.39, 0.29) is 29.0 Å². The molecule has 4 rings (SSSR count). The van der Waals surface area contributed by atoms with Crippen LogP contribution in [0.15, 0.2) is 64.2 Å². The molecule has 4 aromatic rings. The molecule has 0 spiro atoms. The van der Waals surface area contributed by atoms with Gasteiger partial charge in [-0.2, -0.15) is 5.26 Å². The van der Waals surface area contributed by atoms with E-state index in [9.17, 15) is 14.9 Å². The number of nitrogens with zero attached hydrogens (tertiary/aromatic N) is 3. The van der Waals surface area contributed by atoms with Crippen LogP contribution in [0.5, 0.6) is 0 Å². The van der Waals surface area contributed by atoms with Crippen LogP contribution >= 0.6 is 11.6 Å². The van der Waals surface area contributed by atoms with Gasteiger partial charge in [0.05, 0.1) is 11.9 Å². The number of nitrogens with one attached hydrogen (secondary N) is 1. The summed E-state index contributed by atoms with van der Waals surface area (Å²) in [6.45, 7) is 0.186. The van der Waals surface area contributed by atoms with Gasteiger partial charge in [-0.05, 0) is 23.3 Å². The van der Waals surface area contributed by atoms with Crippen LogP contribution in [0.1, 0.15) is 11.1 Å². The van der Waals surface area contributed by atoms with Crippen molar-refractivity contribution >= 4 is 28.5 Å². The van der Waals surface area contributed by atoms with Crippen LogP contribution in [0.2, 0.25) is 5.02 Å². The third-order valence-electron chi connectivity index (χ3n) is 4.58. The summed E-state index contributed by atoms with van der Waals surface area (Å²) in [6.07, 6.45) is 0. The summed E-state index contributed by atoms with van der Waals surface area (Å²) in [7, 11) is 0. The summed E-state index contributed by atoms with van der Waals surface area (Å²) < 4.78 is 1.34. The first-order chi connectivity index (χ1) is 14.0. The maximum absolute atomic E-state index is 12.8. The fourth-order valence-electron chi connectivity index (χ4n) is 3.26. The number of nitrogen functional groups attached to an aromatic ring is 1. The van der Waals surface area contributed by atoms with E-state index in [1.165, 1.54) is 4.57 Å². The topological polar surface area (TPSA) is 118 Å². The molecule has 142 valence electrons. The number of benzene rings is 2. The smallest absolute Gasteiger partial charge is 0.330 e. The van der Waals surface area contributed by atoms with Gasteiger partial charge < -0.3 is 5.73 Å². The van der Waals surface area contributed by atoms with Gasteiger partial charge >= 0.3 is 5.69 Å². The molecule has 2 heterocycles. The Morgan fingerprint density at radius 3 is 2.45 bits per heavy atom. The van der Waals surface area contributed by atoms with Gasteiger partial charge in [0, 0.05) is 10.6 Å².